The van der Waals surface area contributed by atoms with Crippen molar-refractivity contribution in [2.45, 2.75) is 6.92 Å². The van der Waals surface area contributed by atoms with E-state index in [2.05, 4.69) is 5.32 Å². The highest BCUT2D eigenvalue weighted by Crippen LogP contribution is 2.00. The molecule has 0 fully saturated rings. The van der Waals surface area contributed by atoms with Crippen molar-refractivity contribution in [2.24, 2.45) is 0 Å². The number of likely N-dealkylation sites (N-methyl/N-ethyl adjacent to an activating group) is 1. The molecule has 0 radical (unpaired) electrons. The molecule has 0 saturated carbocycles. The molecule has 1 N–H and O–H groups in total. The summed E-state index contributed by atoms with van der Waals surface area (Å²) in [4.78, 5) is 11.4. The molecule has 0 saturated heterocycles. The maximum Gasteiger partial charge on any atom is 0.338 e. The zero-order valence-electron chi connectivity index (χ0n) is 8.32. The summed E-state index contributed by atoms with van der Waals surface area (Å²) in [6.45, 7) is 4.03. The van der Waals surface area contributed by atoms with E-state index in [1.54, 1.807) is 12.1 Å². The van der Waals surface area contributed by atoms with Crippen LogP contribution in [0.5, 0.6) is 0 Å². The lowest BCUT2D eigenvalue weighted by atomic mass is 10.2. The van der Waals surface area contributed by atoms with Gasteiger partial charge in [0.05, 0.1) is 5.56 Å². The van der Waals surface area contributed by atoms with Gasteiger partial charge in [0.15, 0.2) is 0 Å². The highest BCUT2D eigenvalue weighted by molar-refractivity contribution is 5.89. The molecular formula is C11H15NO2. The standard InChI is InChI=1S/C11H15NO2/c1-2-12-8-9-14-11(13)10-6-4-3-5-7-10/h3-7,12H,2,8-9H2,1H3. The monoisotopic (exact) mass is 193 g/mol. The number of hydrogen-bond acceptors (Lipinski definition) is 3. The molecule has 1 aromatic rings. The van der Waals surface area contributed by atoms with Crippen molar-refractivity contribution in [3.8, 4) is 0 Å². The third-order valence-corrected chi connectivity index (χ3v) is 1.77. The largest absolute Gasteiger partial charge is 0.461 e. The van der Waals surface area contributed by atoms with Crippen molar-refractivity contribution >= 4 is 5.97 Å². The van der Waals surface area contributed by atoms with Gasteiger partial charge in [-0.2, -0.15) is 0 Å². The van der Waals surface area contributed by atoms with Crippen LogP contribution >= 0.6 is 0 Å². The molecule has 0 aliphatic carbocycles. The Kier molecular flexibility index (Phi) is 4.72. The van der Waals surface area contributed by atoms with E-state index in [0.29, 0.717) is 18.7 Å². The average molecular weight is 193 g/mol. The predicted octanol–water partition coefficient (Wildman–Crippen LogP) is 1.45. The number of hydrogen-bond donors (Lipinski definition) is 1. The number of rotatable bonds is 5. The van der Waals surface area contributed by atoms with Crippen molar-refractivity contribution in [2.75, 3.05) is 19.7 Å². The number of ether oxygens (including phenoxy) is 1. The van der Waals surface area contributed by atoms with Crippen LogP contribution in [0.3, 0.4) is 0 Å². The van der Waals surface area contributed by atoms with E-state index in [0.717, 1.165) is 6.54 Å². The number of carbonyl (C=O) groups excluding carboxylic acids is 1. The van der Waals surface area contributed by atoms with Crippen LogP contribution in [0.25, 0.3) is 0 Å². The van der Waals surface area contributed by atoms with E-state index in [1.807, 2.05) is 25.1 Å². The van der Waals surface area contributed by atoms with Gasteiger partial charge in [-0.05, 0) is 18.7 Å². The summed E-state index contributed by atoms with van der Waals surface area (Å²) in [6, 6.07) is 9.00. The van der Waals surface area contributed by atoms with Crippen molar-refractivity contribution < 1.29 is 9.53 Å². The lowest BCUT2D eigenvalue weighted by Gasteiger charge is -2.04. The van der Waals surface area contributed by atoms with Crippen LogP contribution in [0.1, 0.15) is 17.3 Å². The Morgan fingerprint density at radius 2 is 2.07 bits per heavy atom. The van der Waals surface area contributed by atoms with Gasteiger partial charge in [-0.3, -0.25) is 0 Å². The zero-order valence-corrected chi connectivity index (χ0v) is 8.32. The summed E-state index contributed by atoms with van der Waals surface area (Å²) < 4.78 is 5.03. The van der Waals surface area contributed by atoms with E-state index in [1.165, 1.54) is 0 Å². The Balaban J connectivity index is 2.29. The average Bonchev–Trinajstić information content (AvgIpc) is 2.25. The molecule has 0 aliphatic rings. The molecule has 1 rings (SSSR count). The van der Waals surface area contributed by atoms with Crippen molar-refractivity contribution in [3.05, 3.63) is 35.9 Å². The van der Waals surface area contributed by atoms with Gasteiger partial charge in [0.25, 0.3) is 0 Å². The molecule has 3 heteroatoms. The fourth-order valence-corrected chi connectivity index (χ4v) is 1.05. The van der Waals surface area contributed by atoms with Gasteiger partial charge in [-0.25, -0.2) is 4.79 Å². The third-order valence-electron chi connectivity index (χ3n) is 1.77. The van der Waals surface area contributed by atoms with Gasteiger partial charge in [0.2, 0.25) is 0 Å². The van der Waals surface area contributed by atoms with Crippen molar-refractivity contribution in [3.63, 3.8) is 0 Å². The van der Waals surface area contributed by atoms with E-state index in [-0.39, 0.29) is 5.97 Å². The van der Waals surface area contributed by atoms with E-state index in [4.69, 9.17) is 4.74 Å². The van der Waals surface area contributed by atoms with Crippen LogP contribution in [0.2, 0.25) is 0 Å². The predicted molar refractivity (Wildman–Crippen MR) is 55.3 cm³/mol. The van der Waals surface area contributed by atoms with Crippen LogP contribution in [-0.4, -0.2) is 25.7 Å². The van der Waals surface area contributed by atoms with Gasteiger partial charge in [0.1, 0.15) is 6.61 Å². The first-order valence-corrected chi connectivity index (χ1v) is 4.77. The first-order chi connectivity index (χ1) is 6.84. The van der Waals surface area contributed by atoms with Crippen molar-refractivity contribution in [1.29, 1.82) is 0 Å². The second-order valence-corrected chi connectivity index (χ2v) is 2.86. The first kappa shape index (κ1) is 10.7. The number of nitrogens with one attached hydrogen (secondary N) is 1. The summed E-state index contributed by atoms with van der Waals surface area (Å²) in [5, 5.41) is 3.08. The Morgan fingerprint density at radius 3 is 2.71 bits per heavy atom. The summed E-state index contributed by atoms with van der Waals surface area (Å²) in [7, 11) is 0. The minimum atomic E-state index is -0.261. The lowest BCUT2D eigenvalue weighted by molar-refractivity contribution is 0.0509. The van der Waals surface area contributed by atoms with E-state index >= 15 is 0 Å². The summed E-state index contributed by atoms with van der Waals surface area (Å²) in [6.07, 6.45) is 0. The van der Waals surface area contributed by atoms with Crippen LogP contribution < -0.4 is 5.32 Å². The fourth-order valence-electron chi connectivity index (χ4n) is 1.05. The summed E-state index contributed by atoms with van der Waals surface area (Å²) in [5.41, 5.74) is 0.601. The van der Waals surface area contributed by atoms with Crippen LogP contribution in [0.4, 0.5) is 0 Å². The smallest absolute Gasteiger partial charge is 0.338 e. The fraction of sp³-hybridized carbons (Fsp3) is 0.364. The molecule has 0 amide bonds. The normalized spacial score (nSPS) is 9.79. The highest BCUT2D eigenvalue weighted by Gasteiger charge is 2.04. The Hall–Kier alpha value is -1.35. The summed E-state index contributed by atoms with van der Waals surface area (Å²) >= 11 is 0. The molecule has 0 aliphatic heterocycles. The van der Waals surface area contributed by atoms with Crippen LogP contribution in [0, 0.1) is 0 Å². The molecule has 0 bridgehead atoms. The molecular weight excluding hydrogens is 178 g/mol. The quantitative estimate of drug-likeness (QED) is 0.568. The van der Waals surface area contributed by atoms with Gasteiger partial charge in [-0.15, -0.1) is 0 Å². The van der Waals surface area contributed by atoms with E-state index < -0.39 is 0 Å². The zero-order chi connectivity index (χ0) is 10.2. The highest BCUT2D eigenvalue weighted by atomic mass is 16.5. The first-order valence-electron chi connectivity index (χ1n) is 4.77. The van der Waals surface area contributed by atoms with E-state index in [9.17, 15) is 4.79 Å². The molecule has 3 nitrogen and oxygen atoms in total. The maximum absolute atomic E-state index is 11.4. The molecule has 14 heavy (non-hydrogen) atoms. The lowest BCUT2D eigenvalue weighted by Crippen LogP contribution is -2.20. The second-order valence-electron chi connectivity index (χ2n) is 2.86. The minimum Gasteiger partial charge on any atom is -0.461 e. The SMILES string of the molecule is CCNCCOC(=O)c1ccccc1. The molecule has 0 atom stereocenters. The molecule has 0 heterocycles. The van der Waals surface area contributed by atoms with Gasteiger partial charge in [-0.1, -0.05) is 25.1 Å². The topological polar surface area (TPSA) is 38.3 Å². The second kappa shape index (κ2) is 6.16. The Bertz CT molecular complexity index is 272. The molecule has 76 valence electrons. The molecule has 0 aromatic heterocycles. The third kappa shape index (κ3) is 3.58. The Labute approximate surface area is 84.1 Å². The van der Waals surface area contributed by atoms with Crippen molar-refractivity contribution in [1.82, 2.24) is 5.32 Å². The van der Waals surface area contributed by atoms with Crippen LogP contribution in [0.15, 0.2) is 30.3 Å². The Morgan fingerprint density at radius 1 is 1.36 bits per heavy atom. The molecule has 0 unspecified atom stereocenters. The van der Waals surface area contributed by atoms with Gasteiger partial charge < -0.3 is 10.1 Å². The molecule has 0 spiro atoms. The number of benzene rings is 1. The maximum atomic E-state index is 11.4. The minimum absolute atomic E-state index is 0.261. The van der Waals surface area contributed by atoms with Crippen LogP contribution in [-0.2, 0) is 4.74 Å². The number of esters is 1. The van der Waals surface area contributed by atoms with Gasteiger partial charge >= 0.3 is 5.97 Å². The van der Waals surface area contributed by atoms with Gasteiger partial charge in [0, 0.05) is 6.54 Å². The number of carbonyl (C=O) groups is 1. The summed E-state index contributed by atoms with van der Waals surface area (Å²) in [5.74, 6) is -0.261. The molecule has 1 aromatic carbocycles.